The Morgan fingerprint density at radius 1 is 1.09 bits per heavy atom. The van der Waals surface area contributed by atoms with Gasteiger partial charge in [0.05, 0.1) is 12.7 Å². The van der Waals surface area contributed by atoms with Crippen molar-refractivity contribution in [3.05, 3.63) is 34.9 Å². The maximum atomic E-state index is 12.6. The zero-order valence-corrected chi connectivity index (χ0v) is 13.7. The Balaban J connectivity index is 2.22. The first-order valence-corrected chi connectivity index (χ1v) is 7.89. The Bertz CT molecular complexity index is 610. The number of hydrogen-bond acceptors (Lipinski definition) is 3. The molecule has 2 rings (SSSR count). The van der Waals surface area contributed by atoms with Crippen LogP contribution in [0.1, 0.15) is 38.2 Å². The third-order valence-corrected chi connectivity index (χ3v) is 4.07. The van der Waals surface area contributed by atoms with E-state index in [1.54, 1.807) is 24.3 Å². The van der Waals surface area contributed by atoms with Crippen molar-refractivity contribution in [2.45, 2.75) is 32.6 Å². The van der Waals surface area contributed by atoms with E-state index >= 15 is 0 Å². The van der Waals surface area contributed by atoms with Crippen molar-refractivity contribution < 1.29 is 14.3 Å². The topological polar surface area (TPSA) is 46.6 Å². The first kappa shape index (κ1) is 16.6. The predicted molar refractivity (Wildman–Crippen MR) is 86.6 cm³/mol. The summed E-state index contributed by atoms with van der Waals surface area (Å²) >= 11 is 6.13. The third-order valence-electron chi connectivity index (χ3n) is 3.72. The monoisotopic (exact) mass is 321 g/mol. The van der Waals surface area contributed by atoms with Crippen LogP contribution in [0.25, 0.3) is 5.57 Å². The van der Waals surface area contributed by atoms with Crippen molar-refractivity contribution in [1.29, 1.82) is 0 Å². The summed E-state index contributed by atoms with van der Waals surface area (Å²) in [4.78, 5) is 26.0. The Morgan fingerprint density at radius 2 is 1.82 bits per heavy atom. The van der Waals surface area contributed by atoms with Crippen LogP contribution in [0.15, 0.2) is 29.3 Å². The number of methoxy groups -OCH3 is 1. The molecule has 0 saturated carbocycles. The molecule has 0 spiro atoms. The summed E-state index contributed by atoms with van der Waals surface area (Å²) in [6.07, 6.45) is 3.99. The Morgan fingerprint density at radius 3 is 2.50 bits per heavy atom. The molecule has 0 saturated heterocycles. The van der Waals surface area contributed by atoms with Gasteiger partial charge in [0.1, 0.15) is 10.8 Å². The van der Waals surface area contributed by atoms with E-state index in [4.69, 9.17) is 16.3 Å². The minimum absolute atomic E-state index is 0.0232. The van der Waals surface area contributed by atoms with E-state index in [1.165, 1.54) is 12.0 Å². The van der Waals surface area contributed by atoms with Gasteiger partial charge in [-0.25, -0.2) is 0 Å². The molecule has 0 aliphatic carbocycles. The van der Waals surface area contributed by atoms with Gasteiger partial charge in [-0.2, -0.15) is 0 Å². The molecule has 22 heavy (non-hydrogen) atoms. The van der Waals surface area contributed by atoms with Crippen LogP contribution in [0.4, 0.5) is 0 Å². The first-order valence-electron chi connectivity index (χ1n) is 7.51. The van der Waals surface area contributed by atoms with Gasteiger partial charge in [0.2, 0.25) is 0 Å². The van der Waals surface area contributed by atoms with Gasteiger partial charge in [0.15, 0.2) is 0 Å². The fourth-order valence-electron chi connectivity index (χ4n) is 2.53. The summed E-state index contributed by atoms with van der Waals surface area (Å²) in [5, 5.41) is -0.0232. The van der Waals surface area contributed by atoms with Gasteiger partial charge < -0.3 is 4.74 Å². The molecule has 0 bridgehead atoms. The number of carbonyl (C=O) groups is 2. The van der Waals surface area contributed by atoms with Crippen molar-refractivity contribution in [2.75, 3.05) is 13.7 Å². The van der Waals surface area contributed by atoms with E-state index in [0.717, 1.165) is 25.7 Å². The SMILES string of the molecule is CCCCCCN1C(=O)C(Cl)=C(c2ccccc2OC)C1=O. The number of benzene rings is 1. The van der Waals surface area contributed by atoms with Crippen LogP contribution in [0.5, 0.6) is 5.75 Å². The van der Waals surface area contributed by atoms with E-state index in [9.17, 15) is 9.59 Å². The lowest BCUT2D eigenvalue weighted by atomic mass is 10.1. The number of hydrogen-bond donors (Lipinski definition) is 0. The molecule has 0 unspecified atom stereocenters. The molecule has 0 fully saturated rings. The second-order valence-electron chi connectivity index (χ2n) is 5.21. The summed E-state index contributed by atoms with van der Waals surface area (Å²) in [5.74, 6) is -0.218. The molecule has 2 amide bonds. The molecule has 0 aromatic heterocycles. The highest BCUT2D eigenvalue weighted by molar-refractivity contribution is 6.55. The minimum Gasteiger partial charge on any atom is -0.496 e. The third kappa shape index (κ3) is 3.17. The van der Waals surface area contributed by atoms with Gasteiger partial charge in [-0.15, -0.1) is 0 Å². The van der Waals surface area contributed by atoms with Crippen LogP contribution in [0.2, 0.25) is 0 Å². The number of para-hydroxylation sites is 1. The van der Waals surface area contributed by atoms with Crippen LogP contribution >= 0.6 is 11.6 Å². The minimum atomic E-state index is -0.413. The lowest BCUT2D eigenvalue weighted by molar-refractivity contribution is -0.136. The quantitative estimate of drug-likeness (QED) is 0.569. The van der Waals surface area contributed by atoms with Gasteiger partial charge in [0, 0.05) is 12.1 Å². The van der Waals surface area contributed by atoms with Crippen molar-refractivity contribution in [2.24, 2.45) is 0 Å². The molecule has 0 N–H and O–H groups in total. The highest BCUT2D eigenvalue weighted by Gasteiger charge is 2.38. The van der Waals surface area contributed by atoms with Crippen LogP contribution in [-0.4, -0.2) is 30.4 Å². The number of nitrogens with zero attached hydrogens (tertiary/aromatic N) is 1. The highest BCUT2D eigenvalue weighted by atomic mass is 35.5. The smallest absolute Gasteiger partial charge is 0.273 e. The number of ether oxygens (including phenoxy) is 1. The molecule has 4 nitrogen and oxygen atoms in total. The molecule has 1 heterocycles. The Hall–Kier alpha value is -1.81. The molecular weight excluding hydrogens is 302 g/mol. The van der Waals surface area contributed by atoms with Gasteiger partial charge in [-0.05, 0) is 12.5 Å². The maximum Gasteiger partial charge on any atom is 0.273 e. The van der Waals surface area contributed by atoms with Gasteiger partial charge in [0.25, 0.3) is 11.8 Å². The van der Waals surface area contributed by atoms with Crippen molar-refractivity contribution in [3.63, 3.8) is 0 Å². The van der Waals surface area contributed by atoms with Gasteiger partial charge in [-0.1, -0.05) is 56.0 Å². The summed E-state index contributed by atoms with van der Waals surface area (Å²) in [7, 11) is 1.52. The van der Waals surface area contributed by atoms with Gasteiger partial charge in [-0.3, -0.25) is 14.5 Å². The standard InChI is InChI=1S/C17H20ClNO3/c1-3-4-5-8-11-19-16(20)14(15(18)17(19)21)12-9-6-7-10-13(12)22-2/h6-7,9-10H,3-5,8,11H2,1-2H3. The van der Waals surface area contributed by atoms with E-state index in [1.807, 2.05) is 0 Å². The summed E-state index contributed by atoms with van der Waals surface area (Å²) in [6, 6.07) is 7.08. The summed E-state index contributed by atoms with van der Waals surface area (Å²) < 4.78 is 5.26. The average molecular weight is 322 g/mol. The zero-order valence-electron chi connectivity index (χ0n) is 12.9. The molecule has 1 aliphatic heterocycles. The second-order valence-corrected chi connectivity index (χ2v) is 5.59. The first-order chi connectivity index (χ1) is 10.6. The summed E-state index contributed by atoms with van der Waals surface area (Å²) in [5.41, 5.74) is 0.795. The fourth-order valence-corrected chi connectivity index (χ4v) is 2.82. The molecule has 1 aliphatic rings. The lowest BCUT2D eigenvalue weighted by Crippen LogP contribution is -2.32. The molecule has 118 valence electrons. The average Bonchev–Trinajstić information content (AvgIpc) is 2.74. The van der Waals surface area contributed by atoms with Crippen molar-refractivity contribution in [3.8, 4) is 5.75 Å². The molecule has 1 aromatic rings. The lowest BCUT2D eigenvalue weighted by Gasteiger charge is -2.15. The largest absolute Gasteiger partial charge is 0.496 e. The zero-order chi connectivity index (χ0) is 16.1. The van der Waals surface area contributed by atoms with Crippen LogP contribution in [0, 0.1) is 0 Å². The Kier molecular flexibility index (Phi) is 5.61. The number of carbonyl (C=O) groups excluding carboxylic acids is 2. The highest BCUT2D eigenvalue weighted by Crippen LogP contribution is 2.36. The van der Waals surface area contributed by atoms with Crippen molar-refractivity contribution in [1.82, 2.24) is 4.90 Å². The number of halogens is 1. The number of rotatable bonds is 7. The normalized spacial score (nSPS) is 15.0. The molecule has 0 radical (unpaired) electrons. The van der Waals surface area contributed by atoms with E-state index < -0.39 is 5.91 Å². The molecule has 5 heteroatoms. The molecule has 0 atom stereocenters. The maximum absolute atomic E-state index is 12.6. The predicted octanol–water partition coefficient (Wildman–Crippen LogP) is 3.59. The van der Waals surface area contributed by atoms with Crippen LogP contribution in [-0.2, 0) is 9.59 Å². The van der Waals surface area contributed by atoms with E-state index in [-0.39, 0.29) is 16.5 Å². The second kappa shape index (κ2) is 7.45. The number of amides is 2. The summed E-state index contributed by atoms with van der Waals surface area (Å²) in [6.45, 7) is 2.52. The fraction of sp³-hybridized carbons (Fsp3) is 0.412. The van der Waals surface area contributed by atoms with E-state index in [2.05, 4.69) is 6.92 Å². The molecule has 1 aromatic carbocycles. The van der Waals surface area contributed by atoms with E-state index in [0.29, 0.717) is 17.9 Å². The van der Waals surface area contributed by atoms with Crippen LogP contribution < -0.4 is 4.74 Å². The Labute approximate surface area is 135 Å². The number of unbranched alkanes of at least 4 members (excludes halogenated alkanes) is 3. The molecular formula is C17H20ClNO3. The number of imide groups is 1. The van der Waals surface area contributed by atoms with Crippen LogP contribution in [0.3, 0.4) is 0 Å². The van der Waals surface area contributed by atoms with Gasteiger partial charge >= 0.3 is 0 Å². The van der Waals surface area contributed by atoms with Crippen molar-refractivity contribution >= 4 is 29.0 Å².